The summed E-state index contributed by atoms with van der Waals surface area (Å²) in [6, 6.07) is 11.1. The summed E-state index contributed by atoms with van der Waals surface area (Å²) < 4.78 is 0. The van der Waals surface area contributed by atoms with Crippen molar-refractivity contribution in [3.63, 3.8) is 0 Å². The van der Waals surface area contributed by atoms with Crippen molar-refractivity contribution >= 4 is 0 Å². The summed E-state index contributed by atoms with van der Waals surface area (Å²) in [7, 11) is 4.03. The zero-order valence-corrected chi connectivity index (χ0v) is 10.0. The molecule has 2 nitrogen and oxygen atoms in total. The Balaban J connectivity index is 2.28. The van der Waals surface area contributed by atoms with Crippen LogP contribution in [0.25, 0.3) is 0 Å². The Morgan fingerprint density at radius 2 is 1.62 bits per heavy atom. The minimum absolute atomic E-state index is 0.279. The number of aryl methyl sites for hydroxylation is 2. The predicted molar refractivity (Wildman–Crippen MR) is 65.1 cm³/mol. The smallest absolute Gasteiger partial charge is 0.109 e. The Kier molecular flexibility index (Phi) is 2.98. The van der Waals surface area contributed by atoms with Crippen LogP contribution in [-0.4, -0.2) is 24.5 Å². The molecule has 0 aliphatic heterocycles. The summed E-state index contributed by atoms with van der Waals surface area (Å²) in [6.45, 7) is 0. The summed E-state index contributed by atoms with van der Waals surface area (Å²) in [5.74, 6) is 0. The van der Waals surface area contributed by atoms with Crippen molar-refractivity contribution in [2.45, 2.75) is 31.2 Å². The first-order chi connectivity index (χ1) is 7.68. The van der Waals surface area contributed by atoms with Gasteiger partial charge in [-0.3, -0.25) is 4.90 Å². The van der Waals surface area contributed by atoms with Crippen molar-refractivity contribution < 1.29 is 0 Å². The average molecular weight is 214 g/mol. The van der Waals surface area contributed by atoms with Crippen LogP contribution in [0, 0.1) is 11.3 Å². The Hall–Kier alpha value is -1.33. The zero-order valence-electron chi connectivity index (χ0n) is 10.0. The molecule has 0 saturated heterocycles. The van der Waals surface area contributed by atoms with Crippen molar-refractivity contribution in [1.82, 2.24) is 4.90 Å². The second-order valence-electron chi connectivity index (χ2n) is 4.81. The highest BCUT2D eigenvalue weighted by atomic mass is 15.1. The van der Waals surface area contributed by atoms with Crippen molar-refractivity contribution in [2.75, 3.05) is 14.1 Å². The third-order valence-corrected chi connectivity index (χ3v) is 3.80. The largest absolute Gasteiger partial charge is 0.292 e. The van der Waals surface area contributed by atoms with Gasteiger partial charge in [0.25, 0.3) is 0 Å². The summed E-state index contributed by atoms with van der Waals surface area (Å²) in [4.78, 5) is 2.08. The van der Waals surface area contributed by atoms with Gasteiger partial charge in [-0.1, -0.05) is 24.3 Å². The van der Waals surface area contributed by atoms with Crippen molar-refractivity contribution in [3.8, 4) is 6.07 Å². The topological polar surface area (TPSA) is 27.0 Å². The lowest BCUT2D eigenvalue weighted by Gasteiger charge is -2.32. The van der Waals surface area contributed by atoms with Gasteiger partial charge < -0.3 is 0 Å². The molecular formula is C14H18N2. The zero-order chi connectivity index (χ0) is 11.6. The maximum atomic E-state index is 9.42. The minimum atomic E-state index is -0.279. The summed E-state index contributed by atoms with van der Waals surface area (Å²) in [5, 5.41) is 9.42. The van der Waals surface area contributed by atoms with E-state index < -0.39 is 0 Å². The van der Waals surface area contributed by atoms with E-state index in [9.17, 15) is 5.26 Å². The molecule has 1 aliphatic rings. The second-order valence-corrected chi connectivity index (χ2v) is 4.81. The molecule has 0 fully saturated rings. The van der Waals surface area contributed by atoms with Crippen LogP contribution >= 0.6 is 0 Å². The number of hydrogen-bond acceptors (Lipinski definition) is 2. The van der Waals surface area contributed by atoms with Gasteiger partial charge in [0.15, 0.2) is 0 Å². The number of nitriles is 1. The number of rotatable bonds is 1. The molecule has 0 spiro atoms. The maximum Gasteiger partial charge on any atom is 0.109 e. The molecule has 0 saturated carbocycles. The normalized spacial score (nSPS) is 18.6. The van der Waals surface area contributed by atoms with Crippen LogP contribution in [0.5, 0.6) is 0 Å². The highest BCUT2D eigenvalue weighted by Gasteiger charge is 2.34. The van der Waals surface area contributed by atoms with E-state index >= 15 is 0 Å². The fourth-order valence-corrected chi connectivity index (χ4v) is 2.51. The predicted octanol–water partition coefficient (Wildman–Crippen LogP) is 2.39. The number of nitrogens with zero attached hydrogens (tertiary/aromatic N) is 2. The van der Waals surface area contributed by atoms with Crippen LogP contribution in [0.4, 0.5) is 0 Å². The van der Waals surface area contributed by atoms with Crippen LogP contribution < -0.4 is 0 Å². The molecule has 1 aromatic rings. The number of hydrogen-bond donors (Lipinski definition) is 0. The molecule has 16 heavy (non-hydrogen) atoms. The van der Waals surface area contributed by atoms with E-state index in [2.05, 4.69) is 35.2 Å². The molecule has 84 valence electrons. The van der Waals surface area contributed by atoms with Crippen molar-refractivity contribution in [1.29, 1.82) is 5.26 Å². The number of fused-ring (bicyclic) bond motifs is 1. The van der Waals surface area contributed by atoms with Gasteiger partial charge in [-0.15, -0.1) is 0 Å². The fraction of sp³-hybridized carbons (Fsp3) is 0.500. The van der Waals surface area contributed by atoms with E-state index in [1.807, 2.05) is 14.1 Å². The van der Waals surface area contributed by atoms with Gasteiger partial charge in [-0.25, -0.2) is 0 Å². The Bertz CT molecular complexity index is 388. The van der Waals surface area contributed by atoms with Crippen LogP contribution in [0.15, 0.2) is 24.3 Å². The van der Waals surface area contributed by atoms with Gasteiger partial charge in [0, 0.05) is 0 Å². The lowest BCUT2D eigenvalue weighted by molar-refractivity contribution is 0.193. The molecule has 0 aromatic heterocycles. The third kappa shape index (κ3) is 1.83. The van der Waals surface area contributed by atoms with Crippen molar-refractivity contribution in [3.05, 3.63) is 35.4 Å². The first kappa shape index (κ1) is 11.2. The van der Waals surface area contributed by atoms with Gasteiger partial charge in [-0.05, 0) is 50.9 Å². The second kappa shape index (κ2) is 4.27. The monoisotopic (exact) mass is 214 g/mol. The number of benzene rings is 1. The Morgan fingerprint density at radius 1 is 1.12 bits per heavy atom. The molecule has 2 heteroatoms. The van der Waals surface area contributed by atoms with E-state index in [0.29, 0.717) is 0 Å². The molecule has 0 radical (unpaired) electrons. The first-order valence-electron chi connectivity index (χ1n) is 5.83. The highest BCUT2D eigenvalue weighted by molar-refractivity contribution is 5.30. The first-order valence-corrected chi connectivity index (χ1v) is 5.83. The molecule has 1 aromatic carbocycles. The maximum absolute atomic E-state index is 9.42. The van der Waals surface area contributed by atoms with Crippen LogP contribution in [-0.2, 0) is 12.8 Å². The van der Waals surface area contributed by atoms with Crippen LogP contribution in [0.3, 0.4) is 0 Å². The van der Waals surface area contributed by atoms with Gasteiger partial charge in [0.1, 0.15) is 5.54 Å². The Morgan fingerprint density at radius 3 is 2.00 bits per heavy atom. The van der Waals surface area contributed by atoms with E-state index in [1.165, 1.54) is 11.1 Å². The van der Waals surface area contributed by atoms with E-state index in [4.69, 9.17) is 0 Å². The minimum Gasteiger partial charge on any atom is -0.292 e. The SMILES string of the molecule is CN(C)C1(C#N)CCc2ccccc2CC1. The highest BCUT2D eigenvalue weighted by Crippen LogP contribution is 2.30. The molecule has 0 atom stereocenters. The van der Waals surface area contributed by atoms with Gasteiger partial charge in [0.2, 0.25) is 0 Å². The quantitative estimate of drug-likeness (QED) is 0.671. The van der Waals surface area contributed by atoms with Crippen LogP contribution in [0.2, 0.25) is 0 Å². The van der Waals surface area contributed by atoms with Crippen LogP contribution in [0.1, 0.15) is 24.0 Å². The molecule has 0 bridgehead atoms. The van der Waals surface area contributed by atoms with Crippen molar-refractivity contribution in [2.24, 2.45) is 0 Å². The lowest BCUT2D eigenvalue weighted by atomic mass is 9.90. The van der Waals surface area contributed by atoms with E-state index in [-0.39, 0.29) is 5.54 Å². The molecule has 1 aliphatic carbocycles. The molecule has 2 rings (SSSR count). The van der Waals surface area contributed by atoms with Gasteiger partial charge >= 0.3 is 0 Å². The van der Waals surface area contributed by atoms with Gasteiger partial charge in [-0.2, -0.15) is 5.26 Å². The summed E-state index contributed by atoms with van der Waals surface area (Å²) >= 11 is 0. The summed E-state index contributed by atoms with van der Waals surface area (Å²) in [6.07, 6.45) is 3.91. The van der Waals surface area contributed by atoms with E-state index in [1.54, 1.807) is 0 Å². The fourth-order valence-electron chi connectivity index (χ4n) is 2.51. The Labute approximate surface area is 97.5 Å². The van der Waals surface area contributed by atoms with E-state index in [0.717, 1.165) is 25.7 Å². The molecule has 0 amide bonds. The third-order valence-electron chi connectivity index (χ3n) is 3.80. The molecule has 0 N–H and O–H groups in total. The molecular weight excluding hydrogens is 196 g/mol. The molecule has 0 heterocycles. The lowest BCUT2D eigenvalue weighted by Crippen LogP contribution is -2.43. The molecule has 0 unspecified atom stereocenters. The average Bonchev–Trinajstić information content (AvgIpc) is 2.49. The van der Waals surface area contributed by atoms with Gasteiger partial charge in [0.05, 0.1) is 6.07 Å². The standard InChI is InChI=1S/C14H18N2/c1-16(2)14(11-15)9-7-12-5-3-4-6-13(12)8-10-14/h3-6H,7-10H2,1-2H3. The summed E-state index contributed by atoms with van der Waals surface area (Å²) in [5.41, 5.74) is 2.56.